The van der Waals surface area contributed by atoms with Crippen molar-refractivity contribution in [2.45, 2.75) is 6.04 Å². The van der Waals surface area contributed by atoms with Crippen molar-refractivity contribution in [2.24, 2.45) is 0 Å². The summed E-state index contributed by atoms with van der Waals surface area (Å²) in [6.07, 6.45) is 0. The molecule has 0 aromatic heterocycles. The van der Waals surface area contributed by atoms with E-state index in [4.69, 9.17) is 5.32 Å². The Morgan fingerprint density at radius 3 is 2.21 bits per heavy atom. The average molecular weight is 295 g/mol. The van der Waals surface area contributed by atoms with Crippen molar-refractivity contribution in [1.82, 2.24) is 16.0 Å². The van der Waals surface area contributed by atoms with Gasteiger partial charge >= 0.3 is 0 Å². The van der Waals surface area contributed by atoms with Gasteiger partial charge in [0.15, 0.2) is 0 Å². The van der Waals surface area contributed by atoms with Crippen LogP contribution < -0.4 is 16.0 Å². The molecule has 104 valence electrons. The van der Waals surface area contributed by atoms with Crippen molar-refractivity contribution in [1.29, 1.82) is 0 Å². The molecule has 1 aliphatic heterocycles. The molecule has 0 spiro atoms. The number of benzene rings is 1. The third kappa shape index (κ3) is 6.66. The zero-order valence-corrected chi connectivity index (χ0v) is 12.9. The summed E-state index contributed by atoms with van der Waals surface area (Å²) in [7, 11) is 0. The van der Waals surface area contributed by atoms with E-state index in [1.54, 1.807) is 0 Å². The molecule has 4 nitrogen and oxygen atoms in total. The third-order valence-corrected chi connectivity index (χ3v) is 3.12. The first kappa shape index (κ1) is 16.8. The van der Waals surface area contributed by atoms with Gasteiger partial charge in [0.1, 0.15) is 0 Å². The van der Waals surface area contributed by atoms with Crippen molar-refractivity contribution in [3.8, 4) is 0 Å². The van der Waals surface area contributed by atoms with E-state index in [9.17, 15) is 0 Å². The topological polar surface area (TPSA) is 50.2 Å². The van der Waals surface area contributed by atoms with Crippen LogP contribution in [-0.4, -0.2) is 45.8 Å². The van der Waals surface area contributed by atoms with Gasteiger partial charge in [-0.2, -0.15) is 0 Å². The van der Waals surface area contributed by atoms with Gasteiger partial charge < -0.3 is 21.3 Å². The largest absolute Gasteiger partial charge is 0.654 e. The van der Waals surface area contributed by atoms with Gasteiger partial charge in [0, 0.05) is 47.9 Å². The van der Waals surface area contributed by atoms with E-state index in [0.29, 0.717) is 0 Å². The molecule has 2 rings (SSSR count). The van der Waals surface area contributed by atoms with E-state index in [2.05, 4.69) is 46.3 Å². The molecule has 0 saturated carbocycles. The fraction of sp³-hybridized carbons (Fsp3) is 0.571. The molecule has 1 saturated heterocycles. The predicted molar refractivity (Wildman–Crippen MR) is 76.0 cm³/mol. The van der Waals surface area contributed by atoms with Crippen LogP contribution in [0.4, 0.5) is 0 Å². The van der Waals surface area contributed by atoms with E-state index in [0.717, 1.165) is 45.8 Å². The predicted octanol–water partition coefficient (Wildman–Crippen LogP) is 0.881. The van der Waals surface area contributed by atoms with Gasteiger partial charge in [-0.1, -0.05) is 41.9 Å². The van der Waals surface area contributed by atoms with Crippen LogP contribution in [0.1, 0.15) is 11.6 Å². The first-order valence-corrected chi connectivity index (χ1v) is 6.80. The first-order chi connectivity index (χ1) is 8.97. The normalized spacial score (nSPS) is 22.6. The molecule has 1 aromatic rings. The summed E-state index contributed by atoms with van der Waals surface area (Å²) in [5.41, 5.74) is 1.30. The molecule has 0 amide bonds. The van der Waals surface area contributed by atoms with Crippen molar-refractivity contribution in [3.63, 3.8) is 0 Å². The monoisotopic (exact) mass is 295 g/mol. The Kier molecular flexibility index (Phi) is 9.34. The number of hydrogen-bond acceptors (Lipinski definition) is 3. The van der Waals surface area contributed by atoms with Crippen LogP contribution in [0.25, 0.3) is 5.32 Å². The van der Waals surface area contributed by atoms with Crippen LogP contribution in [0.15, 0.2) is 30.3 Å². The maximum absolute atomic E-state index is 4.78. The minimum absolute atomic E-state index is 0. The third-order valence-electron chi connectivity index (χ3n) is 3.12. The average Bonchev–Trinajstić information content (AvgIpc) is 2.40. The maximum atomic E-state index is 4.78. The molecule has 1 unspecified atom stereocenters. The molecule has 1 atom stereocenters. The fourth-order valence-electron chi connectivity index (χ4n) is 2.10. The summed E-state index contributed by atoms with van der Waals surface area (Å²) in [5, 5.41) is 15.1. The van der Waals surface area contributed by atoms with E-state index >= 15 is 0 Å². The summed E-state index contributed by atoms with van der Waals surface area (Å²) >= 11 is 0. The van der Waals surface area contributed by atoms with E-state index in [-0.39, 0.29) is 27.8 Å². The molecule has 19 heavy (non-hydrogen) atoms. The van der Waals surface area contributed by atoms with Gasteiger partial charge in [0.25, 0.3) is 0 Å². The zero-order valence-electron chi connectivity index (χ0n) is 11.4. The van der Waals surface area contributed by atoms with E-state index < -0.39 is 0 Å². The van der Waals surface area contributed by atoms with Gasteiger partial charge in [0.2, 0.25) is 0 Å². The standard InChI is InChI=1S/C14H23N4.Ti/c1-2-4-13(5-3-1)14-12-17-9-8-15-6-7-16-10-11-18-14;/h1-5,14-17H,6-12H2;/q-1;. The van der Waals surface area contributed by atoms with Crippen LogP contribution in [-0.2, 0) is 21.7 Å². The second-order valence-corrected chi connectivity index (χ2v) is 4.54. The molecule has 1 heterocycles. The number of rotatable bonds is 1. The van der Waals surface area contributed by atoms with Crippen LogP contribution in [0.2, 0.25) is 0 Å². The Labute approximate surface area is 131 Å². The molecule has 0 aliphatic carbocycles. The van der Waals surface area contributed by atoms with Crippen molar-refractivity contribution in [3.05, 3.63) is 41.2 Å². The molecule has 0 radical (unpaired) electrons. The first-order valence-electron chi connectivity index (χ1n) is 6.80. The Morgan fingerprint density at radius 1 is 0.842 bits per heavy atom. The summed E-state index contributed by atoms with van der Waals surface area (Å²) in [4.78, 5) is 0. The van der Waals surface area contributed by atoms with Gasteiger partial charge in [-0.25, -0.2) is 0 Å². The van der Waals surface area contributed by atoms with Crippen molar-refractivity contribution in [2.75, 3.05) is 45.8 Å². The summed E-state index contributed by atoms with van der Waals surface area (Å²) < 4.78 is 0. The molecule has 1 fully saturated rings. The zero-order chi connectivity index (χ0) is 12.5. The second kappa shape index (κ2) is 10.5. The summed E-state index contributed by atoms with van der Waals surface area (Å²) in [5.74, 6) is 0. The van der Waals surface area contributed by atoms with Crippen molar-refractivity contribution < 1.29 is 21.7 Å². The molecule has 3 N–H and O–H groups in total. The Bertz CT molecular complexity index is 308. The van der Waals surface area contributed by atoms with Gasteiger partial charge in [0.05, 0.1) is 0 Å². The van der Waals surface area contributed by atoms with Crippen LogP contribution in [0.3, 0.4) is 0 Å². The van der Waals surface area contributed by atoms with Crippen molar-refractivity contribution >= 4 is 0 Å². The Hall–Kier alpha value is -0.226. The minimum Gasteiger partial charge on any atom is -0.654 e. The fourth-order valence-corrected chi connectivity index (χ4v) is 2.10. The summed E-state index contributed by atoms with van der Waals surface area (Å²) in [6, 6.07) is 10.8. The number of nitrogens with zero attached hydrogens (tertiary/aromatic N) is 1. The molecule has 1 aromatic carbocycles. The maximum Gasteiger partial charge on any atom is 0.00772 e. The minimum atomic E-state index is 0. The second-order valence-electron chi connectivity index (χ2n) is 4.54. The molecule has 5 heteroatoms. The molecular weight excluding hydrogens is 272 g/mol. The molecular formula is C14H23N4Ti-. The van der Waals surface area contributed by atoms with Crippen LogP contribution in [0, 0.1) is 0 Å². The van der Waals surface area contributed by atoms with Gasteiger partial charge in [-0.05, 0) is 13.1 Å². The molecule has 1 aliphatic rings. The smallest absolute Gasteiger partial charge is 0.00772 e. The van der Waals surface area contributed by atoms with Crippen LogP contribution >= 0.6 is 0 Å². The Morgan fingerprint density at radius 2 is 1.47 bits per heavy atom. The van der Waals surface area contributed by atoms with Gasteiger partial charge in [-0.3, -0.25) is 0 Å². The van der Waals surface area contributed by atoms with E-state index in [1.165, 1.54) is 5.56 Å². The quantitative estimate of drug-likeness (QED) is 0.674. The number of hydrogen-bond donors (Lipinski definition) is 3. The van der Waals surface area contributed by atoms with Gasteiger partial charge in [-0.15, -0.1) is 6.54 Å². The molecule has 0 bridgehead atoms. The Balaban J connectivity index is 0.00000180. The SMILES string of the molecule is [Ti].c1ccc(C2CNCCNCCNCC[N-]2)cc1. The summed E-state index contributed by atoms with van der Waals surface area (Å²) in [6.45, 7) is 6.83. The van der Waals surface area contributed by atoms with E-state index in [1.807, 2.05) is 0 Å². The van der Waals surface area contributed by atoms with Crippen LogP contribution in [0.5, 0.6) is 0 Å². The number of nitrogens with one attached hydrogen (secondary N) is 3.